The van der Waals surface area contributed by atoms with Crippen LogP contribution < -0.4 is 10.4 Å². The number of nitrogens with zero attached hydrogens (tertiary/aromatic N) is 3. The number of hydrogen-bond acceptors (Lipinski definition) is 3. The van der Waals surface area contributed by atoms with E-state index in [1.807, 2.05) is 0 Å². The molecule has 0 spiro atoms. The molecule has 0 bridgehead atoms. The van der Waals surface area contributed by atoms with Crippen LogP contribution in [0.25, 0.3) is 11.1 Å². The monoisotopic (exact) mass is 275 g/mol. The quantitative estimate of drug-likeness (QED) is 0.398. The van der Waals surface area contributed by atoms with Crippen LogP contribution in [0.15, 0.2) is 0 Å². The summed E-state index contributed by atoms with van der Waals surface area (Å²) in [5.41, 5.74) is -2.11. The summed E-state index contributed by atoms with van der Waals surface area (Å²) in [7, 11) is 0. The first kappa shape index (κ1) is 14.8. The molecule has 0 saturated carbocycles. The van der Waals surface area contributed by atoms with Crippen LogP contribution in [-0.4, -0.2) is 0 Å². The lowest BCUT2D eigenvalue weighted by atomic mass is 10.1. The van der Waals surface area contributed by atoms with Crippen LogP contribution in [-0.2, 0) is 0 Å². The van der Waals surface area contributed by atoms with Gasteiger partial charge in [0, 0.05) is 0 Å². The number of rotatable bonds is 0. The summed E-state index contributed by atoms with van der Waals surface area (Å²) in [6, 6.07) is 3.43. The average Bonchev–Trinajstić information content (AvgIpc) is 2.46. The Kier molecular flexibility index (Phi) is 4.11. The van der Waals surface area contributed by atoms with Gasteiger partial charge in [0.1, 0.15) is 29.4 Å². The predicted molar refractivity (Wildman–Crippen MR) is 58.0 cm³/mol. The van der Waals surface area contributed by atoms with Gasteiger partial charge in [-0.3, -0.25) is 0 Å². The molecule has 0 N–H and O–H groups in total. The van der Waals surface area contributed by atoms with Crippen molar-refractivity contribution in [3.05, 3.63) is 33.7 Å². The number of terminal acetylenes is 1. The number of nitriles is 3. The maximum Gasteiger partial charge on any atom is 0.171 e. The second kappa shape index (κ2) is 5.57. The Labute approximate surface area is 109 Å². The molecule has 0 amide bonds. The summed E-state index contributed by atoms with van der Waals surface area (Å²) < 4.78 is 54.7. The molecule has 0 fully saturated rings. The molecule has 0 saturated heterocycles. The Balaban J connectivity index is 4.35. The highest BCUT2D eigenvalue weighted by atomic mass is 19.2. The van der Waals surface area contributed by atoms with E-state index < -0.39 is 44.9 Å². The molecule has 1 aromatic rings. The molecule has 7 heteroatoms. The minimum absolute atomic E-state index is 0.959. The molecule has 0 aliphatic heterocycles. The van der Waals surface area contributed by atoms with Crippen molar-refractivity contribution in [1.29, 1.82) is 15.8 Å². The predicted octanol–water partition coefficient (Wildman–Crippen LogP) is 0.748. The second-order valence-electron chi connectivity index (χ2n) is 3.24. The zero-order valence-electron chi connectivity index (χ0n) is 9.43. The maximum atomic E-state index is 13.7. The van der Waals surface area contributed by atoms with E-state index in [1.165, 1.54) is 6.07 Å². The number of benzene rings is 1. The lowest BCUT2D eigenvalue weighted by Gasteiger charge is -2.01. The molecule has 0 aromatic heterocycles. The van der Waals surface area contributed by atoms with Gasteiger partial charge in [-0.25, -0.2) is 17.6 Å². The first-order valence-electron chi connectivity index (χ1n) is 4.72. The fraction of sp³-hybridized carbons (Fsp3) is 0. The fourth-order valence-electron chi connectivity index (χ4n) is 1.37. The van der Waals surface area contributed by atoms with Gasteiger partial charge in [-0.05, 0) is 0 Å². The Hall–Kier alpha value is -3.29. The van der Waals surface area contributed by atoms with Gasteiger partial charge in [0.15, 0.2) is 23.3 Å². The van der Waals surface area contributed by atoms with E-state index in [1.54, 1.807) is 5.92 Å². The first-order valence-corrected chi connectivity index (χ1v) is 4.72. The van der Waals surface area contributed by atoms with Crippen molar-refractivity contribution in [2.45, 2.75) is 0 Å². The van der Waals surface area contributed by atoms with Gasteiger partial charge in [-0.15, -0.1) is 6.42 Å². The molecular weight excluding hydrogens is 274 g/mol. The van der Waals surface area contributed by atoms with E-state index in [9.17, 15) is 17.6 Å². The Morgan fingerprint density at radius 3 is 1.25 bits per heavy atom. The highest BCUT2D eigenvalue weighted by molar-refractivity contribution is 5.75. The lowest BCUT2D eigenvalue weighted by molar-refractivity contribution is 0.434. The third kappa shape index (κ3) is 2.05. The largest absolute Gasteiger partial charge is 0.203 e. The number of halogens is 4. The fourth-order valence-corrected chi connectivity index (χ4v) is 1.37. The standard InChI is InChI=1S/C13HF4N3/c1-2-6(3-18)8-10(14)12(16)9(7(4-19)5-20)13(17)11(8)15/h1H. The molecule has 3 nitrogen and oxygen atoms in total. The Morgan fingerprint density at radius 2 is 1.00 bits per heavy atom. The lowest BCUT2D eigenvalue weighted by Crippen LogP contribution is -2.31. The molecule has 0 aliphatic carbocycles. The minimum atomic E-state index is -1.97. The molecule has 0 heterocycles. The van der Waals surface area contributed by atoms with Crippen molar-refractivity contribution in [2.24, 2.45) is 0 Å². The van der Waals surface area contributed by atoms with E-state index in [2.05, 4.69) is 0 Å². The molecule has 0 radical (unpaired) electrons. The summed E-state index contributed by atoms with van der Waals surface area (Å²) in [5, 5.41) is 22.8. The summed E-state index contributed by atoms with van der Waals surface area (Å²) in [5.74, 6) is -6.25. The van der Waals surface area contributed by atoms with Gasteiger partial charge < -0.3 is 0 Å². The third-order valence-corrected chi connectivity index (χ3v) is 2.24. The molecule has 96 valence electrons. The molecule has 0 atom stereocenters. The van der Waals surface area contributed by atoms with Crippen LogP contribution in [0.5, 0.6) is 0 Å². The second-order valence-corrected chi connectivity index (χ2v) is 3.24. The summed E-state index contributed by atoms with van der Waals surface area (Å²) in [6.45, 7) is 0. The van der Waals surface area contributed by atoms with Gasteiger partial charge in [0.25, 0.3) is 0 Å². The number of hydrogen-bond donors (Lipinski definition) is 0. The van der Waals surface area contributed by atoms with Crippen LogP contribution in [0, 0.1) is 69.6 Å². The van der Waals surface area contributed by atoms with Gasteiger partial charge >= 0.3 is 0 Å². The van der Waals surface area contributed by atoms with Gasteiger partial charge in [0.2, 0.25) is 0 Å². The van der Waals surface area contributed by atoms with Crippen LogP contribution in [0.3, 0.4) is 0 Å². The van der Waals surface area contributed by atoms with E-state index in [0.29, 0.717) is 0 Å². The smallest absolute Gasteiger partial charge is 0.171 e. The minimum Gasteiger partial charge on any atom is -0.203 e. The van der Waals surface area contributed by atoms with Gasteiger partial charge in [-0.2, -0.15) is 15.8 Å². The van der Waals surface area contributed by atoms with Crippen LogP contribution in [0.2, 0.25) is 0 Å². The average molecular weight is 275 g/mol. The van der Waals surface area contributed by atoms with E-state index in [-0.39, 0.29) is 0 Å². The zero-order valence-corrected chi connectivity index (χ0v) is 9.43. The molecular formula is C13HF4N3. The summed E-state index contributed by atoms with van der Waals surface area (Å²) >= 11 is 0. The normalized spacial score (nSPS) is 8.80. The first-order chi connectivity index (χ1) is 9.44. The van der Waals surface area contributed by atoms with E-state index in [0.717, 1.165) is 12.1 Å². The highest BCUT2D eigenvalue weighted by Crippen LogP contribution is 2.06. The van der Waals surface area contributed by atoms with Gasteiger partial charge in [-0.1, -0.05) is 5.92 Å². The van der Waals surface area contributed by atoms with Crippen molar-refractivity contribution in [2.75, 3.05) is 0 Å². The van der Waals surface area contributed by atoms with Gasteiger partial charge in [0.05, 0.1) is 10.4 Å². The van der Waals surface area contributed by atoms with Crippen molar-refractivity contribution in [1.82, 2.24) is 0 Å². The molecule has 1 rings (SSSR count). The van der Waals surface area contributed by atoms with Crippen LogP contribution in [0.1, 0.15) is 0 Å². The zero-order chi connectivity index (χ0) is 15.4. The molecule has 1 aromatic carbocycles. The van der Waals surface area contributed by atoms with Crippen LogP contribution in [0.4, 0.5) is 17.6 Å². The SMILES string of the molecule is C#CC(C#N)=c1c(F)c(F)c(=C(C#N)C#N)c(F)c1F. The third-order valence-electron chi connectivity index (χ3n) is 2.24. The van der Waals surface area contributed by atoms with Crippen molar-refractivity contribution >= 4 is 11.1 Å². The van der Waals surface area contributed by atoms with Crippen molar-refractivity contribution in [3.8, 4) is 30.6 Å². The summed E-state index contributed by atoms with van der Waals surface area (Å²) in [6.07, 6.45) is 4.81. The molecule has 20 heavy (non-hydrogen) atoms. The molecule has 0 unspecified atom stereocenters. The highest BCUT2D eigenvalue weighted by Gasteiger charge is 2.22. The maximum absolute atomic E-state index is 13.7. The topological polar surface area (TPSA) is 71.4 Å². The van der Waals surface area contributed by atoms with Crippen LogP contribution >= 0.6 is 0 Å². The molecule has 0 aliphatic rings. The van der Waals surface area contributed by atoms with Crippen molar-refractivity contribution < 1.29 is 17.6 Å². The van der Waals surface area contributed by atoms with E-state index >= 15 is 0 Å². The van der Waals surface area contributed by atoms with E-state index in [4.69, 9.17) is 22.2 Å². The Morgan fingerprint density at radius 1 is 0.700 bits per heavy atom. The Bertz CT molecular complexity index is 744. The summed E-state index contributed by atoms with van der Waals surface area (Å²) in [4.78, 5) is 0. The van der Waals surface area contributed by atoms with Crippen molar-refractivity contribution in [3.63, 3.8) is 0 Å².